The number of hydrogen-bond donors (Lipinski definition) is 2. The third kappa shape index (κ3) is 5.91. The monoisotopic (exact) mass is 339 g/mol. The van der Waals surface area contributed by atoms with Gasteiger partial charge in [-0.25, -0.2) is 0 Å². The largest absolute Gasteiger partial charge is 0.376 e. The van der Waals surface area contributed by atoms with E-state index >= 15 is 0 Å². The lowest BCUT2D eigenvalue weighted by molar-refractivity contribution is -0.119. The normalized spacial score (nSPS) is 10.7. The molecule has 2 rings (SSSR count). The van der Waals surface area contributed by atoms with Gasteiger partial charge in [-0.05, 0) is 42.8 Å². The molecule has 25 heavy (non-hydrogen) atoms. The first-order valence-corrected chi connectivity index (χ1v) is 8.99. The second-order valence-electron chi connectivity index (χ2n) is 6.18. The van der Waals surface area contributed by atoms with Crippen molar-refractivity contribution in [3.05, 3.63) is 65.2 Å². The molecule has 4 heteroatoms. The van der Waals surface area contributed by atoms with Crippen molar-refractivity contribution in [2.24, 2.45) is 0 Å². The standard InChI is InChI=1S/C21H29N3O/c1-4-24(5-2)16-19-12-8-9-13-20(19)22-15-21(25)23-14-18-11-7-6-10-17(18)3/h6-13,22H,4-5,14-16H2,1-3H3,(H,23,25). The van der Waals surface area contributed by atoms with E-state index in [1.807, 2.05) is 36.4 Å². The van der Waals surface area contributed by atoms with Gasteiger partial charge in [-0.2, -0.15) is 0 Å². The van der Waals surface area contributed by atoms with E-state index in [4.69, 9.17) is 0 Å². The van der Waals surface area contributed by atoms with E-state index in [1.165, 1.54) is 11.1 Å². The Morgan fingerprint density at radius 1 is 0.960 bits per heavy atom. The van der Waals surface area contributed by atoms with Gasteiger partial charge in [0, 0.05) is 18.8 Å². The van der Waals surface area contributed by atoms with Crippen molar-refractivity contribution >= 4 is 11.6 Å². The van der Waals surface area contributed by atoms with Crippen LogP contribution in [-0.2, 0) is 17.9 Å². The fourth-order valence-electron chi connectivity index (χ4n) is 2.76. The van der Waals surface area contributed by atoms with Gasteiger partial charge >= 0.3 is 0 Å². The first-order chi connectivity index (χ1) is 12.1. The molecule has 0 aliphatic heterocycles. The minimum atomic E-state index is 0.000829. The fraction of sp³-hybridized carbons (Fsp3) is 0.381. The Bertz CT molecular complexity index is 680. The molecule has 134 valence electrons. The molecule has 1 amide bonds. The van der Waals surface area contributed by atoms with Crippen molar-refractivity contribution in [1.82, 2.24) is 10.2 Å². The van der Waals surface area contributed by atoms with Gasteiger partial charge < -0.3 is 10.6 Å². The number of carbonyl (C=O) groups excluding carboxylic acids is 1. The van der Waals surface area contributed by atoms with Crippen LogP contribution in [-0.4, -0.2) is 30.4 Å². The molecular weight excluding hydrogens is 310 g/mol. The average Bonchev–Trinajstić information content (AvgIpc) is 2.64. The maximum Gasteiger partial charge on any atom is 0.239 e. The van der Waals surface area contributed by atoms with E-state index in [-0.39, 0.29) is 12.5 Å². The van der Waals surface area contributed by atoms with Gasteiger partial charge in [0.15, 0.2) is 0 Å². The highest BCUT2D eigenvalue weighted by molar-refractivity contribution is 5.81. The summed E-state index contributed by atoms with van der Waals surface area (Å²) in [6.07, 6.45) is 0. The van der Waals surface area contributed by atoms with Crippen molar-refractivity contribution < 1.29 is 4.79 Å². The van der Waals surface area contributed by atoms with Gasteiger partial charge in [-0.3, -0.25) is 9.69 Å². The summed E-state index contributed by atoms with van der Waals surface area (Å²) in [6.45, 7) is 10.2. The highest BCUT2D eigenvalue weighted by Gasteiger charge is 2.08. The van der Waals surface area contributed by atoms with Crippen LogP contribution in [0.3, 0.4) is 0 Å². The summed E-state index contributed by atoms with van der Waals surface area (Å²) in [5.74, 6) is 0.000829. The zero-order valence-electron chi connectivity index (χ0n) is 15.5. The SMILES string of the molecule is CCN(CC)Cc1ccccc1NCC(=O)NCc1ccccc1C. The highest BCUT2D eigenvalue weighted by atomic mass is 16.1. The van der Waals surface area contributed by atoms with Gasteiger partial charge in [0.2, 0.25) is 5.91 Å². The van der Waals surface area contributed by atoms with Crippen LogP contribution in [0.4, 0.5) is 5.69 Å². The molecule has 4 nitrogen and oxygen atoms in total. The summed E-state index contributed by atoms with van der Waals surface area (Å²) in [6, 6.07) is 16.3. The van der Waals surface area contributed by atoms with Gasteiger partial charge in [0.05, 0.1) is 6.54 Å². The Balaban J connectivity index is 1.88. The zero-order chi connectivity index (χ0) is 18.1. The molecule has 2 aromatic carbocycles. The third-order valence-corrected chi connectivity index (χ3v) is 4.48. The second-order valence-corrected chi connectivity index (χ2v) is 6.18. The molecule has 2 aromatic rings. The van der Waals surface area contributed by atoms with Crippen LogP contribution in [0.2, 0.25) is 0 Å². The van der Waals surface area contributed by atoms with Gasteiger partial charge in [0.1, 0.15) is 0 Å². The van der Waals surface area contributed by atoms with E-state index in [0.717, 1.165) is 30.9 Å². The number of benzene rings is 2. The predicted molar refractivity (Wildman–Crippen MR) is 105 cm³/mol. The summed E-state index contributed by atoms with van der Waals surface area (Å²) in [5.41, 5.74) is 4.59. The molecule has 0 heterocycles. The molecule has 0 fully saturated rings. The Kier molecular flexibility index (Phi) is 7.48. The molecule has 0 aliphatic rings. The summed E-state index contributed by atoms with van der Waals surface area (Å²) >= 11 is 0. The molecule has 0 saturated carbocycles. The molecule has 0 saturated heterocycles. The Labute approximate surface area is 151 Å². The van der Waals surface area contributed by atoms with Crippen molar-refractivity contribution in [1.29, 1.82) is 0 Å². The Morgan fingerprint density at radius 2 is 1.60 bits per heavy atom. The lowest BCUT2D eigenvalue weighted by Crippen LogP contribution is -2.30. The van der Waals surface area contributed by atoms with Gasteiger partial charge in [-0.1, -0.05) is 56.3 Å². The predicted octanol–water partition coefficient (Wildman–Crippen LogP) is 3.57. The first kappa shape index (κ1) is 19.0. The molecule has 0 radical (unpaired) electrons. The number of para-hydroxylation sites is 1. The van der Waals surface area contributed by atoms with Crippen LogP contribution in [0.1, 0.15) is 30.5 Å². The van der Waals surface area contributed by atoms with Crippen molar-refractivity contribution in [2.75, 3.05) is 25.0 Å². The fourth-order valence-corrected chi connectivity index (χ4v) is 2.76. The van der Waals surface area contributed by atoms with E-state index < -0.39 is 0 Å². The average molecular weight is 339 g/mol. The lowest BCUT2D eigenvalue weighted by atomic mass is 10.1. The molecule has 0 aromatic heterocycles. The summed E-state index contributed by atoms with van der Waals surface area (Å²) in [4.78, 5) is 14.5. The third-order valence-electron chi connectivity index (χ3n) is 4.48. The summed E-state index contributed by atoms with van der Waals surface area (Å²) < 4.78 is 0. The Hall–Kier alpha value is -2.33. The lowest BCUT2D eigenvalue weighted by Gasteiger charge is -2.20. The number of nitrogens with zero attached hydrogens (tertiary/aromatic N) is 1. The van der Waals surface area contributed by atoms with Crippen molar-refractivity contribution in [3.8, 4) is 0 Å². The molecule has 0 aliphatic carbocycles. The maximum absolute atomic E-state index is 12.2. The quantitative estimate of drug-likeness (QED) is 0.734. The summed E-state index contributed by atoms with van der Waals surface area (Å²) in [7, 11) is 0. The molecule has 0 atom stereocenters. The van der Waals surface area contributed by atoms with E-state index in [0.29, 0.717) is 6.54 Å². The number of amides is 1. The first-order valence-electron chi connectivity index (χ1n) is 8.99. The van der Waals surface area contributed by atoms with E-state index in [2.05, 4.69) is 48.4 Å². The van der Waals surface area contributed by atoms with Crippen LogP contribution < -0.4 is 10.6 Å². The molecule has 0 bridgehead atoms. The van der Waals surface area contributed by atoms with Gasteiger partial charge in [-0.15, -0.1) is 0 Å². The number of hydrogen-bond acceptors (Lipinski definition) is 3. The van der Waals surface area contributed by atoms with E-state index in [9.17, 15) is 4.79 Å². The van der Waals surface area contributed by atoms with Crippen LogP contribution in [0.15, 0.2) is 48.5 Å². The maximum atomic E-state index is 12.2. The number of rotatable bonds is 9. The number of nitrogens with one attached hydrogen (secondary N) is 2. The van der Waals surface area contributed by atoms with Crippen LogP contribution in [0.5, 0.6) is 0 Å². The minimum absolute atomic E-state index is 0.000829. The van der Waals surface area contributed by atoms with Crippen LogP contribution >= 0.6 is 0 Å². The number of aryl methyl sites for hydroxylation is 1. The molecule has 0 unspecified atom stereocenters. The summed E-state index contributed by atoms with van der Waals surface area (Å²) in [5, 5.41) is 6.26. The topological polar surface area (TPSA) is 44.4 Å². The highest BCUT2D eigenvalue weighted by Crippen LogP contribution is 2.17. The molecular formula is C21H29N3O. The second kappa shape index (κ2) is 9.84. The van der Waals surface area contributed by atoms with Crippen molar-refractivity contribution in [3.63, 3.8) is 0 Å². The Morgan fingerprint density at radius 3 is 2.28 bits per heavy atom. The van der Waals surface area contributed by atoms with Crippen LogP contribution in [0, 0.1) is 6.92 Å². The minimum Gasteiger partial charge on any atom is -0.376 e. The molecule has 2 N–H and O–H groups in total. The number of carbonyl (C=O) groups is 1. The smallest absolute Gasteiger partial charge is 0.239 e. The van der Waals surface area contributed by atoms with E-state index in [1.54, 1.807) is 0 Å². The van der Waals surface area contributed by atoms with Crippen molar-refractivity contribution in [2.45, 2.75) is 33.9 Å². The number of anilines is 1. The zero-order valence-corrected chi connectivity index (χ0v) is 15.5. The van der Waals surface area contributed by atoms with Gasteiger partial charge in [0.25, 0.3) is 0 Å². The van der Waals surface area contributed by atoms with Crippen LogP contribution in [0.25, 0.3) is 0 Å². The molecule has 0 spiro atoms.